The largest absolute Gasteiger partial charge is 0.493 e. The molecular formula is C21H26N2O3S. The number of ether oxygens (including phenoxy) is 1. The number of pyridine rings is 1. The maximum Gasteiger partial charge on any atom is 0.242 e. The van der Waals surface area contributed by atoms with Crippen LogP contribution in [0.1, 0.15) is 30.7 Å². The smallest absolute Gasteiger partial charge is 0.242 e. The minimum atomic E-state index is -0.695. The predicted molar refractivity (Wildman–Crippen MR) is 109 cm³/mol. The predicted octanol–water partition coefficient (Wildman–Crippen LogP) is 3.20. The summed E-state index contributed by atoms with van der Waals surface area (Å²) in [5, 5.41) is 2.25. The molecule has 0 saturated carbocycles. The Balaban J connectivity index is 1.88. The van der Waals surface area contributed by atoms with Crippen LogP contribution in [-0.2, 0) is 28.9 Å². The van der Waals surface area contributed by atoms with Gasteiger partial charge in [0.25, 0.3) is 0 Å². The summed E-state index contributed by atoms with van der Waals surface area (Å²) in [6.45, 7) is 4.50. The van der Waals surface area contributed by atoms with Crippen LogP contribution in [0, 0.1) is 0 Å². The summed E-state index contributed by atoms with van der Waals surface area (Å²) >= 11 is 1.42. The fraction of sp³-hybridized carbons (Fsp3) is 0.381. The highest BCUT2D eigenvalue weighted by Crippen LogP contribution is 2.28. The Morgan fingerprint density at radius 2 is 1.93 bits per heavy atom. The molecule has 2 amide bonds. The van der Waals surface area contributed by atoms with Crippen LogP contribution in [0.4, 0.5) is 0 Å². The lowest BCUT2D eigenvalue weighted by atomic mass is 9.99. The standard InChI is InChI=1S/C21H26N2O3S/c1-4-16-5-8-18(22-14-16)11-12-26-19-9-6-17(7-10-19)13-21(2,27-3)20(25)23-15-24/h5-10,14-15H,4,11-13H2,1-3H3,(H,23,24,25). The number of benzene rings is 1. The molecule has 1 aromatic carbocycles. The lowest BCUT2D eigenvalue weighted by molar-refractivity contribution is -0.126. The highest BCUT2D eigenvalue weighted by atomic mass is 32.2. The normalized spacial score (nSPS) is 12.9. The molecule has 0 saturated heterocycles. The molecule has 2 aromatic rings. The number of carbonyl (C=O) groups is 2. The first-order valence-electron chi connectivity index (χ1n) is 8.96. The first-order valence-corrected chi connectivity index (χ1v) is 10.2. The summed E-state index contributed by atoms with van der Waals surface area (Å²) in [5.74, 6) is 0.499. The molecule has 1 atom stereocenters. The lowest BCUT2D eigenvalue weighted by Crippen LogP contribution is -2.42. The van der Waals surface area contributed by atoms with Gasteiger partial charge < -0.3 is 4.74 Å². The van der Waals surface area contributed by atoms with Crippen LogP contribution in [0.2, 0.25) is 0 Å². The van der Waals surface area contributed by atoms with Crippen molar-refractivity contribution in [2.75, 3.05) is 12.9 Å². The second-order valence-corrected chi connectivity index (χ2v) is 7.77. The van der Waals surface area contributed by atoms with Gasteiger partial charge in [-0.2, -0.15) is 0 Å². The molecule has 0 aliphatic rings. The van der Waals surface area contributed by atoms with Gasteiger partial charge in [0, 0.05) is 18.3 Å². The molecule has 0 aliphatic heterocycles. The van der Waals surface area contributed by atoms with Gasteiger partial charge in [0.1, 0.15) is 5.75 Å². The van der Waals surface area contributed by atoms with E-state index in [4.69, 9.17) is 4.74 Å². The van der Waals surface area contributed by atoms with Crippen LogP contribution in [0.5, 0.6) is 5.75 Å². The van der Waals surface area contributed by atoms with Gasteiger partial charge in [0.15, 0.2) is 0 Å². The number of imide groups is 1. The van der Waals surface area contributed by atoms with Crippen LogP contribution in [0.15, 0.2) is 42.6 Å². The third-order valence-electron chi connectivity index (χ3n) is 4.51. The number of rotatable bonds is 10. The topological polar surface area (TPSA) is 68.3 Å². The van der Waals surface area contributed by atoms with E-state index in [0.29, 0.717) is 19.4 Å². The molecule has 0 aliphatic carbocycles. The average molecular weight is 387 g/mol. The number of amides is 2. The van der Waals surface area contributed by atoms with Gasteiger partial charge in [0.05, 0.1) is 11.4 Å². The molecule has 0 fully saturated rings. The Labute approximate surface area is 164 Å². The van der Waals surface area contributed by atoms with Crippen molar-refractivity contribution in [3.05, 3.63) is 59.4 Å². The first-order chi connectivity index (χ1) is 13.0. The number of aryl methyl sites for hydroxylation is 1. The van der Waals surface area contributed by atoms with E-state index in [1.54, 1.807) is 0 Å². The molecule has 0 bridgehead atoms. The van der Waals surface area contributed by atoms with Gasteiger partial charge in [0.2, 0.25) is 12.3 Å². The molecule has 0 spiro atoms. The minimum absolute atomic E-state index is 0.285. The fourth-order valence-electron chi connectivity index (χ4n) is 2.63. The average Bonchev–Trinajstić information content (AvgIpc) is 2.70. The molecule has 1 N–H and O–H groups in total. The van der Waals surface area contributed by atoms with Crippen molar-refractivity contribution < 1.29 is 14.3 Å². The molecule has 5 nitrogen and oxygen atoms in total. The number of hydrogen-bond donors (Lipinski definition) is 1. The molecule has 1 heterocycles. The van der Waals surface area contributed by atoms with E-state index in [2.05, 4.69) is 23.3 Å². The van der Waals surface area contributed by atoms with Gasteiger partial charge in [-0.05, 0) is 55.3 Å². The van der Waals surface area contributed by atoms with Crippen molar-refractivity contribution >= 4 is 24.1 Å². The third-order valence-corrected chi connectivity index (χ3v) is 5.74. The van der Waals surface area contributed by atoms with Crippen molar-refractivity contribution in [2.45, 2.75) is 37.9 Å². The molecule has 1 unspecified atom stereocenters. The van der Waals surface area contributed by atoms with E-state index < -0.39 is 4.75 Å². The summed E-state index contributed by atoms with van der Waals surface area (Å²) in [6, 6.07) is 11.8. The lowest BCUT2D eigenvalue weighted by Gasteiger charge is -2.25. The van der Waals surface area contributed by atoms with Gasteiger partial charge in [-0.25, -0.2) is 0 Å². The van der Waals surface area contributed by atoms with Crippen molar-refractivity contribution in [3.63, 3.8) is 0 Å². The number of carbonyl (C=O) groups excluding carboxylic acids is 2. The van der Waals surface area contributed by atoms with E-state index in [0.717, 1.165) is 29.8 Å². The zero-order chi connectivity index (χ0) is 19.7. The Hall–Kier alpha value is -2.34. The third kappa shape index (κ3) is 6.10. The Kier molecular flexibility index (Phi) is 7.85. The molecule has 144 valence electrons. The maximum absolute atomic E-state index is 12.1. The van der Waals surface area contributed by atoms with Crippen molar-refractivity contribution in [1.29, 1.82) is 0 Å². The number of aromatic nitrogens is 1. The molecule has 1 aromatic heterocycles. The Bertz CT molecular complexity index is 747. The van der Waals surface area contributed by atoms with Gasteiger partial charge >= 0.3 is 0 Å². The number of nitrogens with zero attached hydrogens (tertiary/aromatic N) is 1. The van der Waals surface area contributed by atoms with Crippen LogP contribution < -0.4 is 10.1 Å². The fourth-order valence-corrected chi connectivity index (χ4v) is 3.19. The van der Waals surface area contributed by atoms with Gasteiger partial charge in [-0.1, -0.05) is 25.1 Å². The van der Waals surface area contributed by atoms with Crippen molar-refractivity contribution in [2.24, 2.45) is 0 Å². The quantitative estimate of drug-likeness (QED) is 0.635. The molecule has 6 heteroatoms. The second-order valence-electron chi connectivity index (χ2n) is 6.46. The van der Waals surface area contributed by atoms with Crippen LogP contribution in [0.25, 0.3) is 0 Å². The zero-order valence-corrected chi connectivity index (χ0v) is 16.8. The summed E-state index contributed by atoms with van der Waals surface area (Å²) in [6.07, 6.45) is 6.47. The van der Waals surface area contributed by atoms with Crippen LogP contribution >= 0.6 is 11.8 Å². The minimum Gasteiger partial charge on any atom is -0.493 e. The summed E-state index contributed by atoms with van der Waals surface area (Å²) in [5.41, 5.74) is 3.26. The SMILES string of the molecule is CCc1ccc(CCOc2ccc(CC(C)(SC)C(=O)NC=O)cc2)nc1. The van der Waals surface area contributed by atoms with E-state index in [1.807, 2.05) is 49.7 Å². The zero-order valence-electron chi connectivity index (χ0n) is 16.0. The Morgan fingerprint density at radius 1 is 1.22 bits per heavy atom. The summed E-state index contributed by atoms with van der Waals surface area (Å²) in [4.78, 5) is 27.1. The van der Waals surface area contributed by atoms with E-state index in [1.165, 1.54) is 17.3 Å². The summed E-state index contributed by atoms with van der Waals surface area (Å²) in [7, 11) is 0. The van der Waals surface area contributed by atoms with Crippen molar-refractivity contribution in [3.8, 4) is 5.75 Å². The number of nitrogens with one attached hydrogen (secondary N) is 1. The van der Waals surface area contributed by atoms with Gasteiger partial charge in [-0.3, -0.25) is 19.9 Å². The highest BCUT2D eigenvalue weighted by Gasteiger charge is 2.32. The van der Waals surface area contributed by atoms with Crippen molar-refractivity contribution in [1.82, 2.24) is 10.3 Å². The highest BCUT2D eigenvalue weighted by molar-refractivity contribution is 8.00. The van der Waals surface area contributed by atoms with Gasteiger partial charge in [-0.15, -0.1) is 11.8 Å². The van der Waals surface area contributed by atoms with Crippen LogP contribution in [-0.4, -0.2) is 34.9 Å². The number of thioether (sulfide) groups is 1. The molecular weight excluding hydrogens is 360 g/mol. The van der Waals surface area contributed by atoms with E-state index in [-0.39, 0.29) is 5.91 Å². The molecule has 27 heavy (non-hydrogen) atoms. The van der Waals surface area contributed by atoms with Crippen LogP contribution in [0.3, 0.4) is 0 Å². The number of hydrogen-bond acceptors (Lipinski definition) is 5. The maximum atomic E-state index is 12.1. The monoisotopic (exact) mass is 386 g/mol. The summed E-state index contributed by atoms with van der Waals surface area (Å²) < 4.78 is 5.10. The molecule has 0 radical (unpaired) electrons. The second kappa shape index (κ2) is 10.1. The van der Waals surface area contributed by atoms with E-state index >= 15 is 0 Å². The molecule has 2 rings (SSSR count). The van der Waals surface area contributed by atoms with E-state index in [9.17, 15) is 9.59 Å². The Morgan fingerprint density at radius 3 is 2.48 bits per heavy atom. The first kappa shape index (κ1) is 21.0.